The van der Waals surface area contributed by atoms with E-state index in [-0.39, 0.29) is 17.7 Å². The van der Waals surface area contributed by atoms with Crippen LogP contribution >= 0.6 is 0 Å². The third kappa shape index (κ3) is 5.81. The molecule has 0 unspecified atom stereocenters. The lowest BCUT2D eigenvalue weighted by molar-refractivity contribution is -0.120. The molecule has 3 N–H and O–H groups in total. The highest BCUT2D eigenvalue weighted by Gasteiger charge is 2.23. The van der Waals surface area contributed by atoms with Gasteiger partial charge in [0.15, 0.2) is 0 Å². The van der Waals surface area contributed by atoms with Crippen LogP contribution in [0.5, 0.6) is 0 Å². The molecular formula is C22H23N3O3. The maximum Gasteiger partial charge on any atom is 0.251 e. The van der Waals surface area contributed by atoms with Gasteiger partial charge in [-0.2, -0.15) is 0 Å². The smallest absolute Gasteiger partial charge is 0.251 e. The second-order valence-corrected chi connectivity index (χ2v) is 6.74. The third-order valence-corrected chi connectivity index (χ3v) is 4.38. The lowest BCUT2D eigenvalue weighted by atomic mass is 10.1. The summed E-state index contributed by atoms with van der Waals surface area (Å²) in [6, 6.07) is 14.6. The van der Waals surface area contributed by atoms with Crippen LogP contribution in [-0.4, -0.2) is 30.8 Å². The highest BCUT2D eigenvalue weighted by atomic mass is 16.2. The quantitative estimate of drug-likeness (QED) is 0.648. The molecule has 144 valence electrons. The van der Waals surface area contributed by atoms with Crippen molar-refractivity contribution in [2.75, 3.05) is 12.4 Å². The van der Waals surface area contributed by atoms with Gasteiger partial charge in [0, 0.05) is 30.4 Å². The number of likely N-dealkylation sites (N-methyl/N-ethyl adjacent to an activating group) is 1. The molecule has 6 heteroatoms. The predicted octanol–water partition coefficient (Wildman–Crippen LogP) is 2.52. The molecule has 3 amide bonds. The summed E-state index contributed by atoms with van der Waals surface area (Å²) in [6.07, 6.45) is 5.55. The Hall–Kier alpha value is -3.41. The van der Waals surface area contributed by atoms with Gasteiger partial charge < -0.3 is 16.0 Å². The molecule has 0 saturated heterocycles. The van der Waals surface area contributed by atoms with Crippen LogP contribution in [0.15, 0.2) is 54.6 Å². The van der Waals surface area contributed by atoms with Gasteiger partial charge in [-0.15, -0.1) is 0 Å². The summed E-state index contributed by atoms with van der Waals surface area (Å²) in [7, 11) is 1.60. The van der Waals surface area contributed by atoms with E-state index in [0.717, 1.165) is 24.0 Å². The SMILES string of the molecule is CNC(=O)Cc1ccc(NC(=O)/C=C/c2ccc(C(=O)NC3CC3)cc2)cc1. The fraction of sp³-hybridized carbons (Fsp3) is 0.227. The zero-order valence-electron chi connectivity index (χ0n) is 15.7. The van der Waals surface area contributed by atoms with Crippen LogP contribution in [0.4, 0.5) is 5.69 Å². The van der Waals surface area contributed by atoms with E-state index < -0.39 is 0 Å². The number of amides is 3. The fourth-order valence-corrected chi connectivity index (χ4v) is 2.58. The molecule has 0 bridgehead atoms. The normalized spacial score (nSPS) is 13.2. The average Bonchev–Trinajstić information content (AvgIpc) is 3.52. The minimum atomic E-state index is -0.255. The van der Waals surface area contributed by atoms with Gasteiger partial charge in [0.2, 0.25) is 11.8 Å². The van der Waals surface area contributed by atoms with E-state index in [9.17, 15) is 14.4 Å². The summed E-state index contributed by atoms with van der Waals surface area (Å²) in [5.41, 5.74) is 2.98. The van der Waals surface area contributed by atoms with Gasteiger partial charge >= 0.3 is 0 Å². The number of carbonyl (C=O) groups is 3. The van der Waals surface area contributed by atoms with Crippen LogP contribution in [0, 0.1) is 0 Å². The van der Waals surface area contributed by atoms with E-state index >= 15 is 0 Å². The highest BCUT2D eigenvalue weighted by Crippen LogP contribution is 2.19. The number of carbonyl (C=O) groups excluding carboxylic acids is 3. The van der Waals surface area contributed by atoms with Crippen LogP contribution in [0.25, 0.3) is 6.08 Å². The fourth-order valence-electron chi connectivity index (χ4n) is 2.58. The predicted molar refractivity (Wildman–Crippen MR) is 109 cm³/mol. The van der Waals surface area contributed by atoms with Crippen molar-refractivity contribution in [3.8, 4) is 0 Å². The van der Waals surface area contributed by atoms with Gasteiger partial charge in [0.25, 0.3) is 5.91 Å². The molecule has 1 aliphatic rings. The Bertz CT molecular complexity index is 882. The summed E-state index contributed by atoms with van der Waals surface area (Å²) in [5, 5.41) is 8.29. The molecule has 1 fully saturated rings. The van der Waals surface area contributed by atoms with E-state index in [2.05, 4.69) is 16.0 Å². The Labute approximate surface area is 164 Å². The number of hydrogen-bond acceptors (Lipinski definition) is 3. The molecule has 1 saturated carbocycles. The van der Waals surface area contributed by atoms with E-state index in [1.54, 1.807) is 61.7 Å². The average molecular weight is 377 g/mol. The summed E-state index contributed by atoms with van der Waals surface area (Å²) in [6.45, 7) is 0. The minimum Gasteiger partial charge on any atom is -0.359 e. The first-order valence-corrected chi connectivity index (χ1v) is 9.23. The molecule has 3 rings (SSSR count). The van der Waals surface area contributed by atoms with E-state index in [1.807, 2.05) is 0 Å². The number of nitrogens with one attached hydrogen (secondary N) is 3. The molecule has 0 aliphatic heterocycles. The van der Waals surface area contributed by atoms with Crippen molar-refractivity contribution in [2.45, 2.75) is 25.3 Å². The topological polar surface area (TPSA) is 87.3 Å². The van der Waals surface area contributed by atoms with Gasteiger partial charge in [0.05, 0.1) is 6.42 Å². The molecule has 0 heterocycles. The molecule has 6 nitrogen and oxygen atoms in total. The Balaban J connectivity index is 1.51. The maximum atomic E-state index is 12.1. The molecular weight excluding hydrogens is 354 g/mol. The van der Waals surface area contributed by atoms with Crippen molar-refractivity contribution in [3.63, 3.8) is 0 Å². The molecule has 28 heavy (non-hydrogen) atoms. The number of anilines is 1. The Morgan fingerprint density at radius 2 is 1.68 bits per heavy atom. The Kier molecular flexibility index (Phi) is 6.22. The molecule has 2 aromatic rings. The molecule has 0 atom stereocenters. The summed E-state index contributed by atoms with van der Waals surface area (Å²) in [5.74, 6) is -0.374. The second-order valence-electron chi connectivity index (χ2n) is 6.74. The zero-order valence-corrected chi connectivity index (χ0v) is 15.7. The van der Waals surface area contributed by atoms with E-state index in [0.29, 0.717) is 23.7 Å². The monoisotopic (exact) mass is 377 g/mol. The van der Waals surface area contributed by atoms with Crippen LogP contribution in [0.3, 0.4) is 0 Å². The summed E-state index contributed by atoms with van der Waals surface area (Å²) >= 11 is 0. The van der Waals surface area contributed by atoms with Crippen LogP contribution in [0.2, 0.25) is 0 Å². The van der Waals surface area contributed by atoms with Crippen molar-refractivity contribution < 1.29 is 14.4 Å². The number of benzene rings is 2. The van der Waals surface area contributed by atoms with Crippen LogP contribution < -0.4 is 16.0 Å². The van der Waals surface area contributed by atoms with Gasteiger partial charge in [0.1, 0.15) is 0 Å². The van der Waals surface area contributed by atoms with Crippen molar-refractivity contribution in [1.29, 1.82) is 0 Å². The highest BCUT2D eigenvalue weighted by molar-refractivity contribution is 6.02. The second kappa shape index (κ2) is 8.99. The van der Waals surface area contributed by atoms with Crippen LogP contribution in [-0.2, 0) is 16.0 Å². The van der Waals surface area contributed by atoms with Crippen molar-refractivity contribution >= 4 is 29.5 Å². The Morgan fingerprint density at radius 3 is 2.29 bits per heavy atom. The maximum absolute atomic E-state index is 12.1. The Morgan fingerprint density at radius 1 is 1.00 bits per heavy atom. The molecule has 0 spiro atoms. The van der Waals surface area contributed by atoms with Crippen LogP contribution in [0.1, 0.15) is 34.3 Å². The zero-order chi connectivity index (χ0) is 19.9. The largest absolute Gasteiger partial charge is 0.359 e. The van der Waals surface area contributed by atoms with Gasteiger partial charge in [-0.05, 0) is 54.3 Å². The molecule has 2 aromatic carbocycles. The first-order chi connectivity index (χ1) is 13.5. The summed E-state index contributed by atoms with van der Waals surface area (Å²) in [4.78, 5) is 35.4. The molecule has 0 radical (unpaired) electrons. The van der Waals surface area contributed by atoms with Crippen molar-refractivity contribution in [3.05, 3.63) is 71.3 Å². The van der Waals surface area contributed by atoms with Crippen molar-refractivity contribution in [2.24, 2.45) is 0 Å². The van der Waals surface area contributed by atoms with Crippen molar-refractivity contribution in [1.82, 2.24) is 10.6 Å². The molecule has 1 aliphatic carbocycles. The lowest BCUT2D eigenvalue weighted by Gasteiger charge is -2.05. The van der Waals surface area contributed by atoms with E-state index in [4.69, 9.17) is 0 Å². The van der Waals surface area contributed by atoms with Gasteiger partial charge in [-0.1, -0.05) is 24.3 Å². The summed E-state index contributed by atoms with van der Waals surface area (Å²) < 4.78 is 0. The standard InChI is InChI=1S/C22H23N3O3/c1-23-21(27)14-16-4-9-18(10-5-16)24-20(26)13-6-15-2-7-17(8-3-15)22(28)25-19-11-12-19/h2-10,13,19H,11-12,14H2,1H3,(H,23,27)(H,24,26)(H,25,28)/b13-6+. The van der Waals surface area contributed by atoms with Gasteiger partial charge in [-0.25, -0.2) is 0 Å². The first kappa shape index (κ1) is 19.4. The molecule has 0 aromatic heterocycles. The van der Waals surface area contributed by atoms with Gasteiger partial charge in [-0.3, -0.25) is 14.4 Å². The lowest BCUT2D eigenvalue weighted by Crippen LogP contribution is -2.25. The first-order valence-electron chi connectivity index (χ1n) is 9.23. The van der Waals surface area contributed by atoms with E-state index in [1.165, 1.54) is 6.08 Å². The minimum absolute atomic E-state index is 0.0595. The number of hydrogen-bond donors (Lipinski definition) is 3. The number of rotatable bonds is 7. The third-order valence-electron chi connectivity index (χ3n) is 4.38.